The molecule has 0 aromatic carbocycles. The van der Waals surface area contributed by atoms with Crippen LogP contribution in [0.4, 0.5) is 19.0 Å². The van der Waals surface area contributed by atoms with Gasteiger partial charge in [-0.1, -0.05) is 0 Å². The summed E-state index contributed by atoms with van der Waals surface area (Å²) in [5, 5.41) is 4.17. The predicted octanol–water partition coefficient (Wildman–Crippen LogP) is 3.00. The minimum Gasteiger partial charge on any atom is -0.344 e. The second-order valence-electron chi connectivity index (χ2n) is 4.62. The van der Waals surface area contributed by atoms with Crippen LogP contribution in [0.5, 0.6) is 0 Å². The molecule has 1 saturated carbocycles. The van der Waals surface area contributed by atoms with Crippen molar-refractivity contribution < 1.29 is 13.2 Å². The van der Waals surface area contributed by atoms with Gasteiger partial charge < -0.3 is 4.90 Å². The van der Waals surface area contributed by atoms with Gasteiger partial charge in [0.2, 0.25) is 0 Å². The first-order valence-corrected chi connectivity index (χ1v) is 6.28. The van der Waals surface area contributed by atoms with Gasteiger partial charge in [-0.05, 0) is 19.8 Å². The van der Waals surface area contributed by atoms with Crippen molar-refractivity contribution in [3.05, 3.63) is 11.3 Å². The Balaban J connectivity index is 2.36. The Morgan fingerprint density at radius 3 is 2.50 bits per heavy atom. The summed E-state index contributed by atoms with van der Waals surface area (Å²) in [6.45, 7) is 0.820. The maximum Gasteiger partial charge on any atom is 0.405 e. The van der Waals surface area contributed by atoms with E-state index in [1.807, 2.05) is 0 Å². The zero-order valence-corrected chi connectivity index (χ0v) is 11.0. The van der Waals surface area contributed by atoms with Crippen LogP contribution in [0.1, 0.15) is 24.1 Å². The predicted molar refractivity (Wildman–Crippen MR) is 63.9 cm³/mol. The molecule has 3 nitrogen and oxygen atoms in total. The van der Waals surface area contributed by atoms with Crippen LogP contribution in [-0.2, 0) is 12.9 Å². The van der Waals surface area contributed by atoms with Crippen LogP contribution in [0, 0.1) is 6.92 Å². The molecule has 0 amide bonds. The fourth-order valence-corrected chi connectivity index (χ4v) is 2.47. The molecule has 1 fully saturated rings. The zero-order valence-electron chi connectivity index (χ0n) is 10.3. The molecule has 102 valence electrons. The van der Waals surface area contributed by atoms with Crippen molar-refractivity contribution >= 4 is 17.4 Å². The van der Waals surface area contributed by atoms with Crippen molar-refractivity contribution in [2.75, 3.05) is 11.4 Å². The van der Waals surface area contributed by atoms with E-state index in [4.69, 9.17) is 11.6 Å². The number of nitrogens with zero attached hydrogens (tertiary/aromatic N) is 3. The van der Waals surface area contributed by atoms with Crippen LogP contribution in [0.15, 0.2) is 0 Å². The highest BCUT2D eigenvalue weighted by Gasteiger charge is 2.40. The van der Waals surface area contributed by atoms with E-state index in [1.54, 1.807) is 14.0 Å². The Kier molecular flexibility index (Phi) is 3.49. The van der Waals surface area contributed by atoms with Crippen molar-refractivity contribution in [1.29, 1.82) is 0 Å². The Labute approximate surface area is 109 Å². The number of aromatic nitrogens is 2. The third kappa shape index (κ3) is 2.74. The lowest BCUT2D eigenvalue weighted by Gasteiger charge is -2.26. The lowest BCUT2D eigenvalue weighted by molar-refractivity contribution is -0.120. The molecule has 0 unspecified atom stereocenters. The SMILES string of the molecule is Cc1nn(C)c(N(CC(F)(F)F)C2CC2)c1CCl. The van der Waals surface area contributed by atoms with Crippen LogP contribution < -0.4 is 4.90 Å². The molecule has 1 aliphatic carbocycles. The maximum atomic E-state index is 12.6. The summed E-state index contributed by atoms with van der Waals surface area (Å²) in [6, 6.07) is -0.0385. The van der Waals surface area contributed by atoms with Gasteiger partial charge in [0.1, 0.15) is 12.4 Å². The molecule has 18 heavy (non-hydrogen) atoms. The van der Waals surface area contributed by atoms with E-state index in [1.165, 1.54) is 9.58 Å². The molecular formula is C11H15ClF3N3. The highest BCUT2D eigenvalue weighted by Crippen LogP contribution is 2.37. The molecule has 0 saturated heterocycles. The van der Waals surface area contributed by atoms with E-state index < -0.39 is 12.7 Å². The van der Waals surface area contributed by atoms with Gasteiger partial charge in [-0.2, -0.15) is 18.3 Å². The minimum absolute atomic E-state index is 0.0385. The molecule has 0 bridgehead atoms. The molecule has 0 aliphatic heterocycles. The summed E-state index contributed by atoms with van der Waals surface area (Å²) in [7, 11) is 1.66. The van der Waals surface area contributed by atoms with Crippen molar-refractivity contribution in [2.24, 2.45) is 7.05 Å². The largest absolute Gasteiger partial charge is 0.405 e. The molecule has 0 N–H and O–H groups in total. The summed E-state index contributed by atoms with van der Waals surface area (Å²) in [5.41, 5.74) is 1.38. The number of halogens is 4. The summed E-state index contributed by atoms with van der Waals surface area (Å²) in [5.74, 6) is 0.679. The summed E-state index contributed by atoms with van der Waals surface area (Å²) in [4.78, 5) is 1.39. The van der Waals surface area contributed by atoms with Crippen LogP contribution in [0.3, 0.4) is 0 Å². The van der Waals surface area contributed by atoms with Gasteiger partial charge in [0.15, 0.2) is 0 Å². The maximum absolute atomic E-state index is 12.6. The first-order valence-electron chi connectivity index (χ1n) is 5.75. The molecule has 1 heterocycles. The minimum atomic E-state index is -4.22. The third-order valence-electron chi connectivity index (χ3n) is 3.06. The first-order chi connectivity index (χ1) is 8.33. The standard InChI is InChI=1S/C11H15ClF3N3/c1-7-9(5-12)10(17(2)16-7)18(8-3-4-8)6-11(13,14)15/h8H,3-6H2,1-2H3. The fraction of sp³-hybridized carbons (Fsp3) is 0.727. The highest BCUT2D eigenvalue weighted by atomic mass is 35.5. The first kappa shape index (κ1) is 13.5. The van der Waals surface area contributed by atoms with E-state index in [9.17, 15) is 13.2 Å². The lowest BCUT2D eigenvalue weighted by Crippen LogP contribution is -2.37. The molecule has 2 rings (SSSR count). The van der Waals surface area contributed by atoms with Crippen molar-refractivity contribution in [3.8, 4) is 0 Å². The van der Waals surface area contributed by atoms with Gasteiger partial charge in [-0.25, -0.2) is 0 Å². The van der Waals surface area contributed by atoms with Crippen molar-refractivity contribution in [3.63, 3.8) is 0 Å². The van der Waals surface area contributed by atoms with Gasteiger partial charge in [-0.15, -0.1) is 11.6 Å². The average Bonchev–Trinajstić information content (AvgIpc) is 3.00. The molecular weight excluding hydrogens is 267 g/mol. The Morgan fingerprint density at radius 1 is 1.44 bits per heavy atom. The lowest BCUT2D eigenvalue weighted by atomic mass is 10.2. The van der Waals surface area contributed by atoms with Crippen LogP contribution in [0.2, 0.25) is 0 Å². The number of rotatable bonds is 4. The summed E-state index contributed by atoms with van der Waals surface area (Å²) in [6.07, 6.45) is -2.63. The normalized spacial score (nSPS) is 16.1. The Hall–Kier alpha value is -0.910. The van der Waals surface area contributed by atoms with E-state index in [0.717, 1.165) is 12.8 Å². The van der Waals surface area contributed by atoms with Crippen LogP contribution in [0.25, 0.3) is 0 Å². The molecule has 1 aromatic rings. The van der Waals surface area contributed by atoms with Gasteiger partial charge in [0, 0.05) is 18.7 Å². The smallest absolute Gasteiger partial charge is 0.344 e. The highest BCUT2D eigenvalue weighted by molar-refractivity contribution is 6.17. The summed E-state index contributed by atoms with van der Waals surface area (Å²) < 4.78 is 39.4. The summed E-state index contributed by atoms with van der Waals surface area (Å²) >= 11 is 5.83. The van der Waals surface area contributed by atoms with Crippen molar-refractivity contribution in [2.45, 2.75) is 37.9 Å². The van der Waals surface area contributed by atoms with Gasteiger partial charge in [0.05, 0.1) is 11.6 Å². The van der Waals surface area contributed by atoms with E-state index in [-0.39, 0.29) is 11.9 Å². The monoisotopic (exact) mass is 281 g/mol. The molecule has 1 aliphatic rings. The number of hydrogen-bond donors (Lipinski definition) is 0. The van der Waals surface area contributed by atoms with Gasteiger partial charge in [0.25, 0.3) is 0 Å². The Morgan fingerprint density at radius 2 is 2.06 bits per heavy atom. The molecule has 1 aromatic heterocycles. The van der Waals surface area contributed by atoms with Crippen molar-refractivity contribution in [1.82, 2.24) is 9.78 Å². The quantitative estimate of drug-likeness (QED) is 0.791. The average molecular weight is 282 g/mol. The third-order valence-corrected chi connectivity index (χ3v) is 3.32. The number of anilines is 1. The van der Waals surface area contributed by atoms with Crippen LogP contribution in [-0.4, -0.2) is 28.5 Å². The van der Waals surface area contributed by atoms with E-state index in [2.05, 4.69) is 5.10 Å². The molecule has 0 atom stereocenters. The second kappa shape index (κ2) is 4.64. The molecule has 7 heteroatoms. The van der Waals surface area contributed by atoms with E-state index >= 15 is 0 Å². The Bertz CT molecular complexity index is 437. The molecule has 0 spiro atoms. The number of aryl methyl sites for hydroxylation is 2. The number of hydrogen-bond acceptors (Lipinski definition) is 2. The van der Waals surface area contributed by atoms with Gasteiger partial charge >= 0.3 is 6.18 Å². The zero-order chi connectivity index (χ0) is 13.5. The molecule has 0 radical (unpaired) electrons. The van der Waals surface area contributed by atoms with Crippen LogP contribution >= 0.6 is 11.6 Å². The van der Waals surface area contributed by atoms with E-state index in [0.29, 0.717) is 17.1 Å². The van der Waals surface area contributed by atoms with Gasteiger partial charge in [-0.3, -0.25) is 4.68 Å². The fourth-order valence-electron chi connectivity index (χ4n) is 2.16. The topological polar surface area (TPSA) is 21.1 Å². The number of alkyl halides is 4. The second-order valence-corrected chi connectivity index (χ2v) is 4.89.